The van der Waals surface area contributed by atoms with Gasteiger partial charge < -0.3 is 9.47 Å². The summed E-state index contributed by atoms with van der Waals surface area (Å²) in [5.41, 5.74) is 5.33. The van der Waals surface area contributed by atoms with E-state index in [1.165, 1.54) is 17.8 Å². The van der Waals surface area contributed by atoms with Crippen molar-refractivity contribution in [2.24, 2.45) is 5.10 Å². The minimum absolute atomic E-state index is 0.0251. The summed E-state index contributed by atoms with van der Waals surface area (Å²) in [4.78, 5) is 12.3. The average molecular weight is 453 g/mol. The molecule has 0 spiro atoms. The van der Waals surface area contributed by atoms with Crippen molar-refractivity contribution in [2.75, 3.05) is 0 Å². The third-order valence-electron chi connectivity index (χ3n) is 4.85. The predicted molar refractivity (Wildman–Crippen MR) is 124 cm³/mol. The van der Waals surface area contributed by atoms with Gasteiger partial charge in [-0.1, -0.05) is 57.2 Å². The molecule has 0 fully saturated rings. The fourth-order valence-corrected chi connectivity index (χ4v) is 2.99. The van der Waals surface area contributed by atoms with E-state index in [2.05, 4.69) is 48.2 Å². The molecule has 0 aromatic heterocycles. The van der Waals surface area contributed by atoms with E-state index in [0.717, 1.165) is 11.3 Å². The van der Waals surface area contributed by atoms with Crippen molar-refractivity contribution >= 4 is 12.1 Å². The number of alkyl halides is 2. The number of halogens is 2. The second-order valence-corrected chi connectivity index (χ2v) is 8.38. The third kappa shape index (κ3) is 7.14. The van der Waals surface area contributed by atoms with Crippen LogP contribution in [-0.2, 0) is 12.0 Å². The highest BCUT2D eigenvalue weighted by molar-refractivity contribution is 5.95. The fraction of sp³-hybridized carbons (Fsp3) is 0.231. The highest BCUT2D eigenvalue weighted by Crippen LogP contribution is 2.24. The second kappa shape index (κ2) is 10.7. The topological polar surface area (TPSA) is 59.9 Å². The molecular formula is C26H26F2N2O3. The molecule has 0 bridgehead atoms. The van der Waals surface area contributed by atoms with Gasteiger partial charge in [-0.2, -0.15) is 13.9 Å². The Bertz CT molecular complexity index is 1090. The number of ether oxygens (including phenoxy) is 2. The molecule has 0 aliphatic heterocycles. The molecule has 3 rings (SSSR count). The molecule has 3 aromatic rings. The normalized spacial score (nSPS) is 11.6. The van der Waals surface area contributed by atoms with Gasteiger partial charge in [-0.25, -0.2) is 5.43 Å². The third-order valence-corrected chi connectivity index (χ3v) is 4.85. The Balaban J connectivity index is 1.53. The summed E-state index contributed by atoms with van der Waals surface area (Å²) in [6.45, 7) is 3.90. The molecule has 0 radical (unpaired) electrons. The Morgan fingerprint density at radius 2 is 1.67 bits per heavy atom. The number of nitrogens with zero attached hydrogens (tertiary/aromatic N) is 1. The largest absolute Gasteiger partial charge is 0.489 e. The quantitative estimate of drug-likeness (QED) is 0.340. The molecule has 5 nitrogen and oxygen atoms in total. The van der Waals surface area contributed by atoms with Crippen LogP contribution in [0, 0.1) is 0 Å². The van der Waals surface area contributed by atoms with Gasteiger partial charge in [0.15, 0.2) is 0 Å². The predicted octanol–water partition coefficient (Wildman–Crippen LogP) is 5.93. The zero-order valence-electron chi connectivity index (χ0n) is 18.7. The fourth-order valence-electron chi connectivity index (χ4n) is 2.99. The van der Waals surface area contributed by atoms with E-state index >= 15 is 0 Å². The standard InChI is InChI=1S/C26H26F2N2O3/c1-26(2,3)21-12-14-22(15-13-21)32-17-18-8-10-19(11-9-18)24(31)30-29-16-20-6-4-5-7-23(20)33-25(27)28/h4-16,25H,17H2,1-3H3,(H,30,31)/b29-16+. The SMILES string of the molecule is CC(C)(C)c1ccc(OCc2ccc(C(=O)N/N=C/c3ccccc3OC(F)F)cc2)cc1. The van der Waals surface area contributed by atoms with E-state index in [1.54, 1.807) is 42.5 Å². The number of carbonyl (C=O) groups is 1. The van der Waals surface area contributed by atoms with Gasteiger partial charge in [0.05, 0.1) is 6.21 Å². The van der Waals surface area contributed by atoms with Gasteiger partial charge in [0.1, 0.15) is 18.1 Å². The summed E-state index contributed by atoms with van der Waals surface area (Å²) in [6, 6.07) is 21.1. The van der Waals surface area contributed by atoms with Gasteiger partial charge in [-0.15, -0.1) is 0 Å². The smallest absolute Gasteiger partial charge is 0.387 e. The molecule has 1 amide bonds. The Labute approximate surface area is 192 Å². The second-order valence-electron chi connectivity index (χ2n) is 8.38. The van der Waals surface area contributed by atoms with Gasteiger partial charge in [-0.05, 0) is 52.9 Å². The number of nitrogens with one attached hydrogen (secondary N) is 1. The molecule has 7 heteroatoms. The van der Waals surface area contributed by atoms with Crippen LogP contribution in [0.2, 0.25) is 0 Å². The van der Waals surface area contributed by atoms with Gasteiger partial charge >= 0.3 is 6.61 Å². The number of benzene rings is 3. The van der Waals surface area contributed by atoms with E-state index < -0.39 is 12.5 Å². The summed E-state index contributed by atoms with van der Waals surface area (Å²) in [5.74, 6) is 0.321. The number of amides is 1. The van der Waals surface area contributed by atoms with Crippen molar-refractivity contribution in [3.05, 3.63) is 95.1 Å². The van der Waals surface area contributed by atoms with Crippen LogP contribution in [0.15, 0.2) is 77.9 Å². The van der Waals surface area contributed by atoms with E-state index in [1.807, 2.05) is 12.1 Å². The molecule has 0 heterocycles. The first kappa shape index (κ1) is 23.9. The highest BCUT2D eigenvalue weighted by atomic mass is 19.3. The molecule has 0 aliphatic carbocycles. The summed E-state index contributed by atoms with van der Waals surface area (Å²) >= 11 is 0. The van der Waals surface area contributed by atoms with Crippen molar-refractivity contribution in [3.8, 4) is 11.5 Å². The van der Waals surface area contributed by atoms with Crippen molar-refractivity contribution in [3.63, 3.8) is 0 Å². The maximum Gasteiger partial charge on any atom is 0.387 e. The minimum atomic E-state index is -2.94. The Hall–Kier alpha value is -3.74. The first-order valence-corrected chi connectivity index (χ1v) is 10.4. The molecule has 3 aromatic carbocycles. The number of hydrogen-bond donors (Lipinski definition) is 1. The summed E-state index contributed by atoms with van der Waals surface area (Å²) in [5, 5.41) is 3.83. The summed E-state index contributed by atoms with van der Waals surface area (Å²) in [7, 11) is 0. The molecule has 172 valence electrons. The molecule has 1 N–H and O–H groups in total. The van der Waals surface area contributed by atoms with Crippen LogP contribution < -0.4 is 14.9 Å². The first-order valence-electron chi connectivity index (χ1n) is 10.4. The zero-order valence-corrected chi connectivity index (χ0v) is 18.7. The lowest BCUT2D eigenvalue weighted by Gasteiger charge is -2.19. The number of rotatable bonds is 8. The summed E-state index contributed by atoms with van der Waals surface area (Å²) in [6.07, 6.45) is 1.25. The van der Waals surface area contributed by atoms with Crippen LogP contribution in [0.4, 0.5) is 8.78 Å². The minimum Gasteiger partial charge on any atom is -0.489 e. The maximum atomic E-state index is 12.5. The van der Waals surface area contributed by atoms with Crippen LogP contribution in [-0.4, -0.2) is 18.7 Å². The Kier molecular flexibility index (Phi) is 7.77. The summed E-state index contributed by atoms with van der Waals surface area (Å²) < 4.78 is 35.2. The lowest BCUT2D eigenvalue weighted by atomic mass is 9.87. The van der Waals surface area contributed by atoms with Crippen molar-refractivity contribution in [2.45, 2.75) is 39.4 Å². The zero-order chi connectivity index (χ0) is 23.8. The Morgan fingerprint density at radius 3 is 2.30 bits per heavy atom. The van der Waals surface area contributed by atoms with E-state index in [0.29, 0.717) is 17.7 Å². The number of para-hydroxylation sites is 1. The van der Waals surface area contributed by atoms with E-state index in [4.69, 9.17) is 4.74 Å². The molecule has 0 atom stereocenters. The van der Waals surface area contributed by atoms with Gasteiger partial charge in [0, 0.05) is 11.1 Å². The number of hydrazone groups is 1. The van der Waals surface area contributed by atoms with Crippen LogP contribution in [0.5, 0.6) is 11.5 Å². The maximum absolute atomic E-state index is 12.5. The van der Waals surface area contributed by atoms with E-state index in [-0.39, 0.29) is 11.2 Å². The van der Waals surface area contributed by atoms with Crippen LogP contribution in [0.3, 0.4) is 0 Å². The van der Waals surface area contributed by atoms with Crippen LogP contribution >= 0.6 is 0 Å². The Morgan fingerprint density at radius 1 is 1.00 bits per heavy atom. The van der Waals surface area contributed by atoms with Crippen molar-refractivity contribution < 1.29 is 23.0 Å². The molecular weight excluding hydrogens is 426 g/mol. The van der Waals surface area contributed by atoms with Crippen LogP contribution in [0.1, 0.15) is 47.8 Å². The monoisotopic (exact) mass is 452 g/mol. The molecule has 0 aliphatic rings. The van der Waals surface area contributed by atoms with Crippen molar-refractivity contribution in [1.82, 2.24) is 5.43 Å². The van der Waals surface area contributed by atoms with Gasteiger partial charge in [0.2, 0.25) is 0 Å². The molecule has 0 saturated heterocycles. The molecule has 33 heavy (non-hydrogen) atoms. The van der Waals surface area contributed by atoms with Gasteiger partial charge in [-0.3, -0.25) is 4.79 Å². The van der Waals surface area contributed by atoms with E-state index in [9.17, 15) is 13.6 Å². The van der Waals surface area contributed by atoms with Crippen molar-refractivity contribution in [1.29, 1.82) is 0 Å². The number of carbonyl (C=O) groups excluding carboxylic acids is 1. The molecule has 0 saturated carbocycles. The lowest BCUT2D eigenvalue weighted by Crippen LogP contribution is -2.17. The lowest BCUT2D eigenvalue weighted by molar-refractivity contribution is -0.0499. The van der Waals surface area contributed by atoms with Gasteiger partial charge in [0.25, 0.3) is 5.91 Å². The average Bonchev–Trinajstić information content (AvgIpc) is 2.78. The molecule has 0 unspecified atom stereocenters. The van der Waals surface area contributed by atoms with Crippen LogP contribution in [0.25, 0.3) is 0 Å². The number of hydrogen-bond acceptors (Lipinski definition) is 4. The first-order chi connectivity index (χ1) is 15.7. The highest BCUT2D eigenvalue weighted by Gasteiger charge is 2.13.